The maximum atomic E-state index is 11.0. The summed E-state index contributed by atoms with van der Waals surface area (Å²) >= 11 is 1.79. The molecule has 1 fully saturated rings. The molecule has 0 aromatic heterocycles. The van der Waals surface area contributed by atoms with Crippen LogP contribution in [0.2, 0.25) is 0 Å². The van der Waals surface area contributed by atoms with Gasteiger partial charge in [-0.3, -0.25) is 4.52 Å². The van der Waals surface area contributed by atoms with Crippen LogP contribution in [0.25, 0.3) is 0 Å². The highest BCUT2D eigenvalue weighted by molar-refractivity contribution is 7.99. The average Bonchev–Trinajstić information content (AvgIpc) is 3.44. The molecule has 0 bridgehead atoms. The Labute approximate surface area is 171 Å². The van der Waals surface area contributed by atoms with Crippen molar-refractivity contribution in [3.05, 3.63) is 0 Å². The highest BCUT2D eigenvalue weighted by Gasteiger charge is 2.36. The molecule has 1 rings (SSSR count). The predicted molar refractivity (Wildman–Crippen MR) is 117 cm³/mol. The van der Waals surface area contributed by atoms with Crippen molar-refractivity contribution in [2.45, 2.75) is 116 Å². The molecule has 6 heteroatoms. The maximum Gasteiger partial charge on any atom is 0.469 e. The fourth-order valence-electron chi connectivity index (χ4n) is 3.50. The number of phosphoric acid groups is 1. The van der Waals surface area contributed by atoms with Gasteiger partial charge in [0.2, 0.25) is 0 Å². The largest absolute Gasteiger partial charge is 0.469 e. The Morgan fingerprint density at radius 1 is 0.852 bits per heavy atom. The third kappa shape index (κ3) is 17.1. The van der Waals surface area contributed by atoms with Crippen molar-refractivity contribution in [3.63, 3.8) is 0 Å². The highest BCUT2D eigenvalue weighted by atomic mass is 32.2. The molecule has 0 saturated heterocycles. The molecule has 0 radical (unpaired) electrons. The molecule has 2 N–H and O–H groups in total. The standard InChI is InChI=1S/C21H43O4PS/c1-2-3-4-5-6-7-8-9-10-11-12-13-14-15-18-27-19-21(20-16-17-20)25-26(22,23)24/h20-21H,2-19H2,1H3,(H2,22,23,24). The lowest BCUT2D eigenvalue weighted by atomic mass is 10.0. The maximum absolute atomic E-state index is 11.0. The zero-order valence-electron chi connectivity index (χ0n) is 17.4. The normalized spacial score (nSPS) is 16.0. The van der Waals surface area contributed by atoms with E-state index in [0.29, 0.717) is 11.7 Å². The molecule has 1 atom stereocenters. The average molecular weight is 423 g/mol. The number of rotatable bonds is 20. The molecule has 0 amide bonds. The number of unbranched alkanes of at least 4 members (excludes halogenated alkanes) is 13. The SMILES string of the molecule is CCCCCCCCCCCCCCCCSCC(OP(=O)(O)O)C1CC1. The molecule has 1 aliphatic rings. The molecular formula is C21H43O4PS. The molecule has 0 aliphatic heterocycles. The number of thioether (sulfide) groups is 1. The van der Waals surface area contributed by atoms with Crippen molar-refractivity contribution in [2.24, 2.45) is 5.92 Å². The van der Waals surface area contributed by atoms with Crippen molar-refractivity contribution in [3.8, 4) is 0 Å². The van der Waals surface area contributed by atoms with Crippen LogP contribution in [0.5, 0.6) is 0 Å². The van der Waals surface area contributed by atoms with Gasteiger partial charge in [0.25, 0.3) is 0 Å². The van der Waals surface area contributed by atoms with Gasteiger partial charge in [0.1, 0.15) is 0 Å². The Hall–Kier alpha value is 0.460. The quantitative estimate of drug-likeness (QED) is 0.162. The molecular weight excluding hydrogens is 379 g/mol. The number of hydrogen-bond donors (Lipinski definition) is 2. The van der Waals surface area contributed by atoms with E-state index in [1.54, 1.807) is 11.8 Å². The smallest absolute Gasteiger partial charge is 0.303 e. The van der Waals surface area contributed by atoms with Gasteiger partial charge in [-0.2, -0.15) is 11.8 Å². The molecule has 1 unspecified atom stereocenters. The van der Waals surface area contributed by atoms with Gasteiger partial charge in [-0.25, -0.2) is 4.57 Å². The van der Waals surface area contributed by atoms with Crippen LogP contribution < -0.4 is 0 Å². The molecule has 162 valence electrons. The third-order valence-corrected chi connectivity index (χ3v) is 7.03. The van der Waals surface area contributed by atoms with E-state index in [1.165, 1.54) is 89.9 Å². The zero-order valence-corrected chi connectivity index (χ0v) is 19.2. The third-order valence-electron chi connectivity index (χ3n) is 5.34. The van der Waals surface area contributed by atoms with E-state index >= 15 is 0 Å². The van der Waals surface area contributed by atoms with Crippen LogP contribution in [0, 0.1) is 5.92 Å². The van der Waals surface area contributed by atoms with E-state index in [1.807, 2.05) is 0 Å². The van der Waals surface area contributed by atoms with Gasteiger partial charge in [0, 0.05) is 5.75 Å². The lowest BCUT2D eigenvalue weighted by Crippen LogP contribution is -2.17. The van der Waals surface area contributed by atoms with Crippen molar-refractivity contribution in [1.82, 2.24) is 0 Å². The van der Waals surface area contributed by atoms with Gasteiger partial charge in [0.15, 0.2) is 0 Å². The first-order valence-electron chi connectivity index (χ1n) is 11.3. The first-order valence-corrected chi connectivity index (χ1v) is 14.0. The van der Waals surface area contributed by atoms with Gasteiger partial charge in [-0.05, 0) is 30.9 Å². The Bertz CT molecular complexity index is 384. The van der Waals surface area contributed by atoms with E-state index < -0.39 is 7.82 Å². The minimum absolute atomic E-state index is 0.262. The predicted octanol–water partition coefficient (Wildman–Crippen LogP) is 7.09. The van der Waals surface area contributed by atoms with Gasteiger partial charge in [0.05, 0.1) is 6.10 Å². The molecule has 4 nitrogen and oxygen atoms in total. The molecule has 0 heterocycles. The summed E-state index contributed by atoms with van der Waals surface area (Å²) in [6.45, 7) is 2.27. The van der Waals surface area contributed by atoms with Crippen LogP contribution in [-0.2, 0) is 9.09 Å². The van der Waals surface area contributed by atoms with Gasteiger partial charge in [-0.1, -0.05) is 90.4 Å². The van der Waals surface area contributed by atoms with E-state index in [2.05, 4.69) is 6.92 Å². The minimum atomic E-state index is -4.34. The van der Waals surface area contributed by atoms with Gasteiger partial charge in [-0.15, -0.1) is 0 Å². The summed E-state index contributed by atoms with van der Waals surface area (Å²) in [5, 5.41) is 0. The minimum Gasteiger partial charge on any atom is -0.303 e. The fraction of sp³-hybridized carbons (Fsp3) is 1.00. The second kappa shape index (κ2) is 16.3. The van der Waals surface area contributed by atoms with Crippen LogP contribution >= 0.6 is 19.6 Å². The lowest BCUT2D eigenvalue weighted by molar-refractivity contribution is 0.133. The topological polar surface area (TPSA) is 66.8 Å². The molecule has 1 aliphatic carbocycles. The van der Waals surface area contributed by atoms with Crippen LogP contribution in [0.15, 0.2) is 0 Å². The Morgan fingerprint density at radius 2 is 1.30 bits per heavy atom. The van der Waals surface area contributed by atoms with Crippen LogP contribution in [0.1, 0.15) is 110 Å². The summed E-state index contributed by atoms with van der Waals surface area (Å²) in [6, 6.07) is 0. The van der Waals surface area contributed by atoms with E-state index in [9.17, 15) is 4.57 Å². The van der Waals surface area contributed by atoms with Crippen LogP contribution in [0.4, 0.5) is 0 Å². The molecule has 1 saturated carbocycles. The Morgan fingerprint density at radius 3 is 1.70 bits per heavy atom. The van der Waals surface area contributed by atoms with Crippen molar-refractivity contribution < 1.29 is 18.9 Å². The zero-order chi connectivity index (χ0) is 19.8. The lowest BCUT2D eigenvalue weighted by Gasteiger charge is -2.17. The van der Waals surface area contributed by atoms with E-state index in [4.69, 9.17) is 14.3 Å². The van der Waals surface area contributed by atoms with Crippen LogP contribution in [0.3, 0.4) is 0 Å². The van der Waals surface area contributed by atoms with Crippen molar-refractivity contribution in [2.75, 3.05) is 11.5 Å². The second-order valence-corrected chi connectivity index (χ2v) is 10.5. The molecule has 0 aromatic rings. The van der Waals surface area contributed by atoms with Crippen LogP contribution in [-0.4, -0.2) is 27.4 Å². The van der Waals surface area contributed by atoms with E-state index in [-0.39, 0.29) is 6.10 Å². The monoisotopic (exact) mass is 422 g/mol. The van der Waals surface area contributed by atoms with Gasteiger partial charge >= 0.3 is 7.82 Å². The molecule has 0 spiro atoms. The highest BCUT2D eigenvalue weighted by Crippen LogP contribution is 2.45. The van der Waals surface area contributed by atoms with Gasteiger partial charge < -0.3 is 9.79 Å². The summed E-state index contributed by atoms with van der Waals surface area (Å²) in [6.07, 6.45) is 21.0. The Balaban J connectivity index is 1.79. The van der Waals surface area contributed by atoms with Crippen molar-refractivity contribution in [1.29, 1.82) is 0 Å². The summed E-state index contributed by atoms with van der Waals surface area (Å²) in [5.74, 6) is 2.15. The summed E-state index contributed by atoms with van der Waals surface area (Å²) in [5.41, 5.74) is 0. The van der Waals surface area contributed by atoms with E-state index in [0.717, 1.165) is 18.6 Å². The second-order valence-electron chi connectivity index (χ2n) is 8.14. The van der Waals surface area contributed by atoms with Crippen molar-refractivity contribution >= 4 is 19.6 Å². The first kappa shape index (κ1) is 25.5. The summed E-state index contributed by atoms with van der Waals surface area (Å²) in [7, 11) is -4.34. The summed E-state index contributed by atoms with van der Waals surface area (Å²) < 4.78 is 15.9. The number of hydrogen-bond acceptors (Lipinski definition) is 3. The first-order chi connectivity index (χ1) is 13.0. The fourth-order valence-corrected chi connectivity index (χ4v) is 5.34. The number of phosphoric ester groups is 1. The Kier molecular flexibility index (Phi) is 15.4. The molecule has 27 heavy (non-hydrogen) atoms. The molecule has 0 aromatic carbocycles. The summed E-state index contributed by atoms with van der Waals surface area (Å²) in [4.78, 5) is 18.0.